The van der Waals surface area contributed by atoms with Crippen molar-refractivity contribution in [2.24, 2.45) is 0 Å². The van der Waals surface area contributed by atoms with Gasteiger partial charge in [-0.3, -0.25) is 9.59 Å². The summed E-state index contributed by atoms with van der Waals surface area (Å²) in [4.78, 5) is 26.2. The highest BCUT2D eigenvalue weighted by Gasteiger charge is 2.38. The molecule has 0 aliphatic carbocycles. The van der Waals surface area contributed by atoms with Crippen molar-refractivity contribution in [2.45, 2.75) is 23.6 Å². The number of halogens is 4. The van der Waals surface area contributed by atoms with E-state index >= 15 is 0 Å². The van der Waals surface area contributed by atoms with Crippen LogP contribution in [0.5, 0.6) is 0 Å². The maximum atomic E-state index is 13.1. The van der Waals surface area contributed by atoms with E-state index in [1.807, 2.05) is 5.32 Å². The van der Waals surface area contributed by atoms with Gasteiger partial charge >= 0.3 is 6.18 Å². The van der Waals surface area contributed by atoms with Gasteiger partial charge in [0.1, 0.15) is 5.88 Å². The van der Waals surface area contributed by atoms with Crippen LogP contribution in [0.15, 0.2) is 47.4 Å². The van der Waals surface area contributed by atoms with Crippen molar-refractivity contribution in [1.29, 1.82) is 0 Å². The molecule has 0 saturated heterocycles. The third kappa shape index (κ3) is 6.67. The molecule has 0 bridgehead atoms. The number of anilines is 2. The van der Waals surface area contributed by atoms with E-state index in [0.29, 0.717) is 6.07 Å². The number of hydrogen-bond acceptors (Lipinski definition) is 5. The minimum Gasteiger partial charge on any atom is -0.379 e. The molecular formula is C20H17ClF3N3O5S. The summed E-state index contributed by atoms with van der Waals surface area (Å²) in [5, 5.41) is 14.9. The van der Waals surface area contributed by atoms with Gasteiger partial charge in [-0.15, -0.1) is 11.6 Å². The number of carbonyl (C=O) groups is 2. The van der Waals surface area contributed by atoms with E-state index in [9.17, 15) is 36.3 Å². The molecule has 0 aliphatic rings. The van der Waals surface area contributed by atoms with Crippen LogP contribution in [-0.2, 0) is 25.6 Å². The van der Waals surface area contributed by atoms with Crippen molar-refractivity contribution in [2.75, 3.05) is 22.3 Å². The van der Waals surface area contributed by atoms with Gasteiger partial charge in [0.05, 0.1) is 22.8 Å². The fraction of sp³-hybridized carbons (Fsp3) is 0.250. The van der Waals surface area contributed by atoms with Gasteiger partial charge in [-0.25, -0.2) is 13.3 Å². The Labute approximate surface area is 192 Å². The van der Waals surface area contributed by atoms with Gasteiger partial charge in [0, 0.05) is 11.4 Å². The number of nitrogens with zero attached hydrogens (tertiary/aromatic N) is 1. The molecule has 13 heteroatoms. The molecule has 2 amide bonds. The summed E-state index contributed by atoms with van der Waals surface area (Å²) >= 11 is 5.37. The fourth-order valence-corrected chi connectivity index (χ4v) is 4.32. The number of aliphatic hydroxyl groups is 1. The predicted octanol–water partition coefficient (Wildman–Crippen LogP) is 3.60. The molecule has 0 aromatic heterocycles. The number of benzene rings is 2. The van der Waals surface area contributed by atoms with Crippen LogP contribution >= 0.6 is 11.6 Å². The number of rotatable bonds is 7. The zero-order valence-corrected chi connectivity index (χ0v) is 18.5. The minimum absolute atomic E-state index is 0.264. The molecule has 176 valence electrons. The second-order valence-corrected chi connectivity index (χ2v) is 9.29. The summed E-state index contributed by atoms with van der Waals surface area (Å²) in [6.45, 7) is 7.71. The molecule has 0 aliphatic heterocycles. The van der Waals surface area contributed by atoms with Crippen LogP contribution in [0.25, 0.3) is 4.85 Å². The monoisotopic (exact) mass is 503 g/mol. The van der Waals surface area contributed by atoms with E-state index in [2.05, 4.69) is 10.2 Å². The van der Waals surface area contributed by atoms with Gasteiger partial charge in [0.25, 0.3) is 5.91 Å². The molecule has 2 rings (SSSR count). The summed E-state index contributed by atoms with van der Waals surface area (Å²) in [6.07, 6.45) is -4.86. The Bertz CT molecular complexity index is 1210. The SMILES string of the molecule is [C-]#[N+]c1ccc(NC(=O)C(C)(O)CS(=O)(=O)c2ccc(NC(=O)CCl)cc2)cc1C(F)(F)F. The van der Waals surface area contributed by atoms with E-state index in [1.165, 1.54) is 12.1 Å². The van der Waals surface area contributed by atoms with Gasteiger partial charge < -0.3 is 15.7 Å². The fourth-order valence-electron chi connectivity index (χ4n) is 2.66. The van der Waals surface area contributed by atoms with Crippen LogP contribution in [0.2, 0.25) is 0 Å². The molecule has 3 N–H and O–H groups in total. The first-order chi connectivity index (χ1) is 15.2. The van der Waals surface area contributed by atoms with Crippen LogP contribution in [0, 0.1) is 6.57 Å². The van der Waals surface area contributed by atoms with E-state index in [0.717, 1.165) is 31.2 Å². The molecule has 1 atom stereocenters. The molecule has 0 fully saturated rings. The lowest BCUT2D eigenvalue weighted by atomic mass is 10.1. The molecule has 2 aromatic carbocycles. The first-order valence-electron chi connectivity index (χ1n) is 9.01. The quantitative estimate of drug-likeness (QED) is 0.394. The highest BCUT2D eigenvalue weighted by Crippen LogP contribution is 2.38. The third-order valence-electron chi connectivity index (χ3n) is 4.26. The first kappa shape index (κ1) is 26.1. The molecule has 1 unspecified atom stereocenters. The number of hydrogen-bond donors (Lipinski definition) is 3. The lowest BCUT2D eigenvalue weighted by Gasteiger charge is -2.22. The first-order valence-corrected chi connectivity index (χ1v) is 11.2. The highest BCUT2D eigenvalue weighted by atomic mass is 35.5. The number of sulfone groups is 1. The summed E-state index contributed by atoms with van der Waals surface area (Å²) in [6, 6.07) is 7.25. The molecule has 8 nitrogen and oxygen atoms in total. The summed E-state index contributed by atoms with van der Waals surface area (Å²) in [5.41, 5.74) is -4.59. The van der Waals surface area contributed by atoms with Gasteiger partial charge in [-0.05, 0) is 43.3 Å². The number of nitrogens with one attached hydrogen (secondary N) is 2. The smallest absolute Gasteiger partial charge is 0.379 e. The van der Waals surface area contributed by atoms with Crippen LogP contribution in [0.3, 0.4) is 0 Å². The summed E-state index contributed by atoms with van der Waals surface area (Å²) < 4.78 is 64.6. The average molecular weight is 504 g/mol. The highest BCUT2D eigenvalue weighted by molar-refractivity contribution is 7.91. The molecule has 2 aromatic rings. The average Bonchev–Trinajstić information content (AvgIpc) is 2.72. The Kier molecular flexibility index (Phi) is 7.74. The Morgan fingerprint density at radius 2 is 1.67 bits per heavy atom. The van der Waals surface area contributed by atoms with Gasteiger partial charge in [0.15, 0.2) is 21.1 Å². The normalized spacial score (nSPS) is 13.5. The zero-order chi connectivity index (χ0) is 25.0. The number of amides is 2. The van der Waals surface area contributed by atoms with E-state index < -0.39 is 50.4 Å². The van der Waals surface area contributed by atoms with Crippen molar-refractivity contribution < 1.29 is 36.3 Å². The predicted molar refractivity (Wildman–Crippen MR) is 115 cm³/mol. The second-order valence-electron chi connectivity index (χ2n) is 7.03. The van der Waals surface area contributed by atoms with Crippen molar-refractivity contribution in [3.8, 4) is 0 Å². The van der Waals surface area contributed by atoms with Crippen LogP contribution in [0.4, 0.5) is 30.2 Å². The number of carbonyl (C=O) groups excluding carboxylic acids is 2. The largest absolute Gasteiger partial charge is 0.407 e. The second kappa shape index (κ2) is 9.78. The molecule has 0 saturated carbocycles. The van der Waals surface area contributed by atoms with Gasteiger partial charge in [0.2, 0.25) is 5.91 Å². The number of alkyl halides is 4. The lowest BCUT2D eigenvalue weighted by molar-refractivity contribution is -0.137. The Morgan fingerprint density at radius 1 is 1.09 bits per heavy atom. The Hall–Kier alpha value is -3.14. The van der Waals surface area contributed by atoms with E-state index in [4.69, 9.17) is 18.2 Å². The Morgan fingerprint density at radius 3 is 2.18 bits per heavy atom. The zero-order valence-electron chi connectivity index (χ0n) is 16.9. The van der Waals surface area contributed by atoms with E-state index in [1.54, 1.807) is 0 Å². The maximum absolute atomic E-state index is 13.1. The Balaban J connectivity index is 2.20. The maximum Gasteiger partial charge on any atom is 0.407 e. The third-order valence-corrected chi connectivity index (χ3v) is 6.43. The summed E-state index contributed by atoms with van der Waals surface area (Å²) in [5.74, 6) is -3.15. The van der Waals surface area contributed by atoms with Crippen molar-refractivity contribution in [3.05, 3.63) is 59.4 Å². The lowest BCUT2D eigenvalue weighted by Crippen LogP contribution is -2.45. The van der Waals surface area contributed by atoms with E-state index in [-0.39, 0.29) is 22.2 Å². The van der Waals surface area contributed by atoms with Crippen LogP contribution < -0.4 is 10.6 Å². The van der Waals surface area contributed by atoms with Crippen molar-refractivity contribution in [1.82, 2.24) is 0 Å². The molecule has 0 spiro atoms. The molecule has 0 radical (unpaired) electrons. The van der Waals surface area contributed by atoms with Gasteiger partial charge in [-0.1, -0.05) is 6.07 Å². The molecular weight excluding hydrogens is 487 g/mol. The van der Waals surface area contributed by atoms with Crippen LogP contribution in [0.1, 0.15) is 12.5 Å². The summed E-state index contributed by atoms with van der Waals surface area (Å²) in [7, 11) is -4.22. The topological polar surface area (TPSA) is 117 Å². The van der Waals surface area contributed by atoms with Gasteiger partial charge in [-0.2, -0.15) is 13.2 Å². The van der Waals surface area contributed by atoms with Crippen LogP contribution in [-0.4, -0.2) is 42.6 Å². The minimum atomic E-state index is -4.86. The van der Waals surface area contributed by atoms with Crippen molar-refractivity contribution in [3.63, 3.8) is 0 Å². The standard InChI is InChI=1S/C20H17ClF3N3O5S/c1-19(30,11-33(31,32)14-6-3-12(4-7-14)26-17(28)10-21)18(29)27-13-5-8-16(25-2)15(9-13)20(22,23)24/h3-9,30H,10-11H2,1H3,(H,26,28)(H,27,29). The van der Waals surface area contributed by atoms with Crippen molar-refractivity contribution >= 4 is 50.3 Å². The molecule has 33 heavy (non-hydrogen) atoms. The molecule has 0 heterocycles.